The van der Waals surface area contributed by atoms with E-state index < -0.39 is 0 Å². The van der Waals surface area contributed by atoms with Crippen LogP contribution in [0.3, 0.4) is 0 Å². The summed E-state index contributed by atoms with van der Waals surface area (Å²) in [4.78, 5) is 0. The third kappa shape index (κ3) is 1.16. The van der Waals surface area contributed by atoms with E-state index in [1.54, 1.807) is 0 Å². The summed E-state index contributed by atoms with van der Waals surface area (Å²) in [6.45, 7) is 5.27. The Bertz CT molecular complexity index is 134. The van der Waals surface area contributed by atoms with Crippen LogP contribution in [0.5, 0.6) is 0 Å². The molecule has 0 amide bonds. The van der Waals surface area contributed by atoms with Crippen LogP contribution in [0.25, 0.3) is 0 Å². The third-order valence-corrected chi connectivity index (χ3v) is 2.25. The van der Waals surface area contributed by atoms with E-state index in [1.165, 1.54) is 18.4 Å². The van der Waals surface area contributed by atoms with Crippen molar-refractivity contribution in [1.29, 1.82) is 0 Å². The van der Waals surface area contributed by atoms with Gasteiger partial charge in [0.05, 0.1) is 0 Å². The number of hydrogen-bond donors (Lipinski definition) is 1. The predicted molar refractivity (Wildman–Crippen MR) is 40.2 cm³/mol. The minimum Gasteiger partial charge on any atom is -0.327 e. The van der Waals surface area contributed by atoms with Crippen LogP contribution in [0, 0.1) is 5.41 Å². The monoisotopic (exact) mass is 125 g/mol. The van der Waals surface area contributed by atoms with Crippen LogP contribution in [0.2, 0.25) is 0 Å². The van der Waals surface area contributed by atoms with Gasteiger partial charge in [0, 0.05) is 6.54 Å². The van der Waals surface area contributed by atoms with E-state index in [1.807, 2.05) is 0 Å². The van der Waals surface area contributed by atoms with Crippen molar-refractivity contribution in [3.63, 3.8) is 0 Å². The molecule has 0 saturated heterocycles. The fourth-order valence-corrected chi connectivity index (χ4v) is 1.40. The van der Waals surface area contributed by atoms with Crippen LogP contribution < -0.4 is 5.73 Å². The first-order valence-corrected chi connectivity index (χ1v) is 3.56. The lowest BCUT2D eigenvalue weighted by Crippen LogP contribution is -2.16. The van der Waals surface area contributed by atoms with E-state index in [0.717, 1.165) is 6.54 Å². The molecule has 0 heterocycles. The van der Waals surface area contributed by atoms with E-state index >= 15 is 0 Å². The highest BCUT2D eigenvalue weighted by Crippen LogP contribution is 2.36. The maximum atomic E-state index is 5.54. The summed E-state index contributed by atoms with van der Waals surface area (Å²) in [7, 11) is 0. The molecule has 0 fully saturated rings. The number of rotatable bonds is 1. The van der Waals surface area contributed by atoms with E-state index in [2.05, 4.69) is 19.9 Å². The lowest BCUT2D eigenvalue weighted by atomic mass is 9.86. The minimum atomic E-state index is 0.398. The number of hydrogen-bond acceptors (Lipinski definition) is 1. The SMILES string of the molecule is CC1(C)CCC=C1CN. The van der Waals surface area contributed by atoms with Gasteiger partial charge >= 0.3 is 0 Å². The Balaban J connectivity index is 2.69. The first-order chi connectivity index (χ1) is 4.17. The Hall–Kier alpha value is -0.300. The zero-order valence-corrected chi connectivity index (χ0v) is 6.28. The highest BCUT2D eigenvalue weighted by Gasteiger charge is 2.25. The normalized spacial score (nSPS) is 24.1. The summed E-state index contributed by atoms with van der Waals surface area (Å²) >= 11 is 0. The lowest BCUT2D eigenvalue weighted by Gasteiger charge is -2.20. The summed E-state index contributed by atoms with van der Waals surface area (Å²) < 4.78 is 0. The summed E-state index contributed by atoms with van der Waals surface area (Å²) in [5.74, 6) is 0. The van der Waals surface area contributed by atoms with Gasteiger partial charge in [0.2, 0.25) is 0 Å². The first-order valence-electron chi connectivity index (χ1n) is 3.56. The molecule has 0 aliphatic heterocycles. The second-order valence-electron chi connectivity index (χ2n) is 3.36. The van der Waals surface area contributed by atoms with E-state index in [9.17, 15) is 0 Å². The smallest absolute Gasteiger partial charge is 0.0142 e. The van der Waals surface area contributed by atoms with Crippen LogP contribution in [-0.2, 0) is 0 Å². The lowest BCUT2D eigenvalue weighted by molar-refractivity contribution is 0.437. The largest absolute Gasteiger partial charge is 0.327 e. The van der Waals surface area contributed by atoms with Gasteiger partial charge in [0.15, 0.2) is 0 Å². The van der Waals surface area contributed by atoms with E-state index in [0.29, 0.717) is 5.41 Å². The standard InChI is InChI=1S/C8H15N/c1-8(2)5-3-4-7(8)6-9/h4H,3,5-6,9H2,1-2H3. The Morgan fingerprint density at radius 3 is 2.56 bits per heavy atom. The van der Waals surface area contributed by atoms with Crippen molar-refractivity contribution in [2.24, 2.45) is 11.1 Å². The molecule has 1 nitrogen and oxygen atoms in total. The summed E-state index contributed by atoms with van der Waals surface area (Å²) in [6.07, 6.45) is 4.78. The predicted octanol–water partition coefficient (Wildman–Crippen LogP) is 1.69. The second-order valence-corrected chi connectivity index (χ2v) is 3.36. The number of nitrogens with two attached hydrogens (primary N) is 1. The Labute approximate surface area is 56.9 Å². The van der Waals surface area contributed by atoms with Gasteiger partial charge in [-0.15, -0.1) is 0 Å². The van der Waals surface area contributed by atoms with Crippen molar-refractivity contribution in [2.75, 3.05) is 6.54 Å². The van der Waals surface area contributed by atoms with Gasteiger partial charge in [-0.3, -0.25) is 0 Å². The van der Waals surface area contributed by atoms with Gasteiger partial charge in [0.25, 0.3) is 0 Å². The average Bonchev–Trinajstić information content (AvgIpc) is 2.08. The van der Waals surface area contributed by atoms with E-state index in [4.69, 9.17) is 5.73 Å². The zero-order valence-electron chi connectivity index (χ0n) is 6.28. The van der Waals surface area contributed by atoms with Gasteiger partial charge in [-0.2, -0.15) is 0 Å². The summed E-state index contributed by atoms with van der Waals surface area (Å²) in [6, 6.07) is 0. The second kappa shape index (κ2) is 2.14. The van der Waals surface area contributed by atoms with E-state index in [-0.39, 0.29) is 0 Å². The van der Waals surface area contributed by atoms with Gasteiger partial charge < -0.3 is 5.73 Å². The minimum absolute atomic E-state index is 0.398. The van der Waals surface area contributed by atoms with Gasteiger partial charge in [-0.1, -0.05) is 25.5 Å². The molecule has 1 aliphatic rings. The van der Waals surface area contributed by atoms with Gasteiger partial charge in [0.1, 0.15) is 0 Å². The van der Waals surface area contributed by atoms with Crippen LogP contribution >= 0.6 is 0 Å². The molecular formula is C8H15N. The maximum Gasteiger partial charge on any atom is 0.0142 e. The van der Waals surface area contributed by atoms with Crippen molar-refractivity contribution in [2.45, 2.75) is 26.7 Å². The fraction of sp³-hybridized carbons (Fsp3) is 0.750. The molecule has 0 aromatic rings. The van der Waals surface area contributed by atoms with Gasteiger partial charge in [-0.05, 0) is 18.3 Å². The highest BCUT2D eigenvalue weighted by atomic mass is 14.6. The van der Waals surface area contributed by atoms with Crippen molar-refractivity contribution in [3.05, 3.63) is 11.6 Å². The molecule has 0 aromatic heterocycles. The van der Waals surface area contributed by atoms with Crippen molar-refractivity contribution < 1.29 is 0 Å². The molecule has 0 saturated carbocycles. The molecule has 0 spiro atoms. The maximum absolute atomic E-state index is 5.54. The molecule has 0 radical (unpaired) electrons. The summed E-state index contributed by atoms with van der Waals surface area (Å²) in [5, 5.41) is 0. The van der Waals surface area contributed by atoms with Crippen LogP contribution in [0.4, 0.5) is 0 Å². The fourth-order valence-electron chi connectivity index (χ4n) is 1.40. The molecule has 2 N–H and O–H groups in total. The highest BCUT2D eigenvalue weighted by molar-refractivity contribution is 5.18. The first kappa shape index (κ1) is 6.81. The molecule has 1 aliphatic carbocycles. The van der Waals surface area contributed by atoms with Crippen molar-refractivity contribution in [3.8, 4) is 0 Å². The molecule has 1 rings (SSSR count). The molecule has 1 heteroatoms. The Morgan fingerprint density at radius 1 is 1.67 bits per heavy atom. The van der Waals surface area contributed by atoms with Crippen LogP contribution in [0.1, 0.15) is 26.7 Å². The molecular weight excluding hydrogens is 110 g/mol. The topological polar surface area (TPSA) is 26.0 Å². The van der Waals surface area contributed by atoms with Gasteiger partial charge in [-0.25, -0.2) is 0 Å². The molecule has 0 atom stereocenters. The summed E-state index contributed by atoms with van der Waals surface area (Å²) in [5.41, 5.74) is 7.37. The van der Waals surface area contributed by atoms with Crippen LogP contribution in [-0.4, -0.2) is 6.54 Å². The molecule has 52 valence electrons. The third-order valence-electron chi connectivity index (χ3n) is 2.25. The molecule has 9 heavy (non-hydrogen) atoms. The molecule has 0 unspecified atom stereocenters. The number of allylic oxidation sites excluding steroid dienone is 1. The van der Waals surface area contributed by atoms with Crippen LogP contribution in [0.15, 0.2) is 11.6 Å². The van der Waals surface area contributed by atoms with Crippen molar-refractivity contribution >= 4 is 0 Å². The quantitative estimate of drug-likeness (QED) is 0.530. The Morgan fingerprint density at radius 2 is 2.33 bits per heavy atom. The Kier molecular flexibility index (Phi) is 1.62. The van der Waals surface area contributed by atoms with Crippen molar-refractivity contribution in [1.82, 2.24) is 0 Å². The zero-order chi connectivity index (χ0) is 6.91. The molecule has 0 bridgehead atoms. The molecule has 0 aromatic carbocycles. The average molecular weight is 125 g/mol.